The maximum absolute atomic E-state index is 12.3. The lowest BCUT2D eigenvalue weighted by Gasteiger charge is -2.21. The molecule has 0 radical (unpaired) electrons. The largest absolute Gasteiger partial charge is 0.312 e. The number of benzene rings is 1. The van der Waals surface area contributed by atoms with E-state index in [1.807, 2.05) is 20.8 Å². The van der Waals surface area contributed by atoms with E-state index in [-0.39, 0.29) is 22.5 Å². The summed E-state index contributed by atoms with van der Waals surface area (Å²) >= 11 is 0. The zero-order valence-corrected chi connectivity index (χ0v) is 12.8. The van der Waals surface area contributed by atoms with Crippen LogP contribution in [0.4, 0.5) is 0 Å². The summed E-state index contributed by atoms with van der Waals surface area (Å²) < 4.78 is 25.5. The highest BCUT2D eigenvalue weighted by Gasteiger charge is 2.40. The maximum Gasteiger partial charge on any atom is 0.269 e. The third-order valence-corrected chi connectivity index (χ3v) is 4.95. The summed E-state index contributed by atoms with van der Waals surface area (Å²) in [5.74, 6) is -0.420. The Balaban J connectivity index is 2.06. The summed E-state index contributed by atoms with van der Waals surface area (Å²) in [7, 11) is -3.66. The van der Waals surface area contributed by atoms with E-state index in [4.69, 9.17) is 0 Å². The molecule has 1 aromatic rings. The predicted octanol–water partition coefficient (Wildman–Crippen LogP) is 1.61. The van der Waals surface area contributed by atoms with Crippen molar-refractivity contribution in [3.63, 3.8) is 0 Å². The van der Waals surface area contributed by atoms with Crippen molar-refractivity contribution in [1.82, 2.24) is 9.62 Å². The zero-order valence-electron chi connectivity index (χ0n) is 12.0. The van der Waals surface area contributed by atoms with Crippen molar-refractivity contribution in [2.24, 2.45) is 0 Å². The van der Waals surface area contributed by atoms with Crippen LogP contribution in [0.5, 0.6) is 0 Å². The van der Waals surface area contributed by atoms with Gasteiger partial charge in [-0.3, -0.25) is 4.79 Å². The second-order valence-corrected chi connectivity index (χ2v) is 7.74. The lowest BCUT2D eigenvalue weighted by Crippen LogP contribution is -2.38. The highest BCUT2D eigenvalue weighted by Crippen LogP contribution is 2.29. The van der Waals surface area contributed by atoms with Crippen molar-refractivity contribution >= 4 is 15.9 Å². The molecular formula is C14H20N2O3S. The van der Waals surface area contributed by atoms with Gasteiger partial charge in [-0.25, -0.2) is 12.7 Å². The summed E-state index contributed by atoms with van der Waals surface area (Å²) in [6.45, 7) is 7.00. The molecule has 1 aromatic carbocycles. The monoisotopic (exact) mass is 296 g/mol. The Bertz CT molecular complexity index is 618. The van der Waals surface area contributed by atoms with Crippen LogP contribution in [0, 0.1) is 0 Å². The van der Waals surface area contributed by atoms with Gasteiger partial charge in [-0.2, -0.15) is 0 Å². The number of carbonyl (C=O) groups is 1. The first-order valence-electron chi connectivity index (χ1n) is 6.64. The van der Waals surface area contributed by atoms with Gasteiger partial charge in [0.15, 0.2) is 0 Å². The Morgan fingerprint density at radius 2 is 1.85 bits per heavy atom. The molecule has 0 aromatic heterocycles. The molecule has 1 N–H and O–H groups in total. The van der Waals surface area contributed by atoms with Gasteiger partial charge in [0, 0.05) is 12.1 Å². The van der Waals surface area contributed by atoms with Crippen molar-refractivity contribution in [3.05, 3.63) is 29.8 Å². The molecule has 0 unspecified atom stereocenters. The summed E-state index contributed by atoms with van der Waals surface area (Å²) in [4.78, 5) is 12.2. The minimum atomic E-state index is -3.66. The van der Waals surface area contributed by atoms with Crippen LogP contribution in [0.2, 0.25) is 0 Å². The summed E-state index contributed by atoms with van der Waals surface area (Å²) in [5, 5.41) is 3.28. The first-order valence-corrected chi connectivity index (χ1v) is 8.08. The Labute approximate surface area is 120 Å². The number of nitrogens with one attached hydrogen (secondary N) is 1. The minimum Gasteiger partial charge on any atom is -0.312 e. The van der Waals surface area contributed by atoms with Crippen LogP contribution < -0.4 is 5.32 Å². The molecule has 0 saturated heterocycles. The second kappa shape index (κ2) is 5.18. The first kappa shape index (κ1) is 15.0. The molecule has 0 aliphatic carbocycles. The standard InChI is InChI=1S/C14H20N2O3S/c1-14(2,3)15-9-6-10-16-13(17)11-7-4-5-8-12(11)20(16,18)19/h4-5,7-8,15H,6,9-10H2,1-3H3. The molecule has 0 atom stereocenters. The van der Waals surface area contributed by atoms with E-state index < -0.39 is 15.9 Å². The van der Waals surface area contributed by atoms with Crippen LogP contribution in [0.1, 0.15) is 37.6 Å². The molecule has 0 spiro atoms. The molecule has 2 rings (SSSR count). The maximum atomic E-state index is 12.3. The number of hydrogen-bond acceptors (Lipinski definition) is 4. The fourth-order valence-corrected chi connectivity index (χ4v) is 3.75. The Morgan fingerprint density at radius 3 is 2.45 bits per heavy atom. The lowest BCUT2D eigenvalue weighted by molar-refractivity contribution is 0.0870. The average molecular weight is 296 g/mol. The van der Waals surface area contributed by atoms with Crippen LogP contribution in [0.15, 0.2) is 29.2 Å². The molecule has 6 heteroatoms. The van der Waals surface area contributed by atoms with Gasteiger partial charge in [-0.1, -0.05) is 12.1 Å². The Morgan fingerprint density at radius 1 is 1.20 bits per heavy atom. The number of hydrogen-bond donors (Lipinski definition) is 1. The number of rotatable bonds is 4. The minimum absolute atomic E-state index is 0.0170. The Kier molecular flexibility index (Phi) is 3.88. The molecule has 1 amide bonds. The number of fused-ring (bicyclic) bond motifs is 1. The normalized spacial score (nSPS) is 17.4. The topological polar surface area (TPSA) is 66.5 Å². The SMILES string of the molecule is CC(C)(C)NCCCN1C(=O)c2ccccc2S1(=O)=O. The van der Waals surface area contributed by atoms with Crippen molar-refractivity contribution in [3.8, 4) is 0 Å². The zero-order chi connectivity index (χ0) is 15.0. The van der Waals surface area contributed by atoms with Crippen LogP contribution in [0.25, 0.3) is 0 Å². The fourth-order valence-electron chi connectivity index (χ4n) is 2.14. The van der Waals surface area contributed by atoms with Crippen LogP contribution in [0.3, 0.4) is 0 Å². The fraction of sp³-hybridized carbons (Fsp3) is 0.500. The third-order valence-electron chi connectivity index (χ3n) is 3.11. The quantitative estimate of drug-likeness (QED) is 0.857. The van der Waals surface area contributed by atoms with Gasteiger partial charge in [0.05, 0.1) is 5.56 Å². The molecule has 1 aliphatic rings. The van der Waals surface area contributed by atoms with Crippen LogP contribution >= 0.6 is 0 Å². The number of carbonyl (C=O) groups excluding carboxylic acids is 1. The molecule has 1 heterocycles. The molecular weight excluding hydrogens is 276 g/mol. The van der Waals surface area contributed by atoms with Gasteiger partial charge >= 0.3 is 0 Å². The van der Waals surface area contributed by atoms with Crippen LogP contribution in [-0.4, -0.2) is 37.3 Å². The first-order chi connectivity index (χ1) is 9.23. The van der Waals surface area contributed by atoms with Crippen molar-refractivity contribution < 1.29 is 13.2 Å². The van der Waals surface area contributed by atoms with Gasteiger partial charge in [-0.05, 0) is 45.9 Å². The molecule has 20 heavy (non-hydrogen) atoms. The second-order valence-electron chi connectivity index (χ2n) is 5.91. The summed E-state index contributed by atoms with van der Waals surface area (Å²) in [5.41, 5.74) is 0.257. The molecule has 110 valence electrons. The summed E-state index contributed by atoms with van der Waals surface area (Å²) in [6.07, 6.45) is 0.593. The van der Waals surface area contributed by atoms with Gasteiger partial charge in [0.25, 0.3) is 15.9 Å². The van der Waals surface area contributed by atoms with E-state index in [0.717, 1.165) is 4.31 Å². The molecule has 1 aliphatic heterocycles. The van der Waals surface area contributed by atoms with Gasteiger partial charge in [-0.15, -0.1) is 0 Å². The molecule has 5 nitrogen and oxygen atoms in total. The third kappa shape index (κ3) is 2.86. The van der Waals surface area contributed by atoms with Gasteiger partial charge < -0.3 is 5.32 Å². The predicted molar refractivity (Wildman–Crippen MR) is 77.0 cm³/mol. The molecule has 0 bridgehead atoms. The molecule has 0 saturated carbocycles. The molecule has 0 fully saturated rings. The van der Waals surface area contributed by atoms with E-state index in [9.17, 15) is 13.2 Å². The van der Waals surface area contributed by atoms with Gasteiger partial charge in [0.2, 0.25) is 0 Å². The van der Waals surface area contributed by atoms with Gasteiger partial charge in [0.1, 0.15) is 4.90 Å². The van der Waals surface area contributed by atoms with Crippen molar-refractivity contribution in [2.45, 2.75) is 37.6 Å². The van der Waals surface area contributed by atoms with E-state index >= 15 is 0 Å². The van der Waals surface area contributed by atoms with E-state index in [2.05, 4.69) is 5.32 Å². The smallest absolute Gasteiger partial charge is 0.269 e. The van der Waals surface area contributed by atoms with Crippen molar-refractivity contribution in [1.29, 1.82) is 0 Å². The number of nitrogens with zero attached hydrogens (tertiary/aromatic N) is 1. The Hall–Kier alpha value is -1.40. The van der Waals surface area contributed by atoms with E-state index in [1.165, 1.54) is 6.07 Å². The summed E-state index contributed by atoms with van der Waals surface area (Å²) in [6, 6.07) is 6.35. The highest BCUT2D eigenvalue weighted by atomic mass is 32.2. The average Bonchev–Trinajstić information content (AvgIpc) is 2.54. The lowest BCUT2D eigenvalue weighted by atomic mass is 10.1. The van der Waals surface area contributed by atoms with Crippen molar-refractivity contribution in [2.75, 3.05) is 13.1 Å². The van der Waals surface area contributed by atoms with E-state index in [0.29, 0.717) is 13.0 Å². The number of sulfonamides is 1. The van der Waals surface area contributed by atoms with E-state index in [1.54, 1.807) is 18.2 Å². The van der Waals surface area contributed by atoms with Crippen LogP contribution in [-0.2, 0) is 10.0 Å². The highest BCUT2D eigenvalue weighted by molar-refractivity contribution is 7.90. The number of amides is 1.